The molecule has 144 valence electrons. The van der Waals surface area contributed by atoms with Gasteiger partial charge in [0.25, 0.3) is 5.91 Å². The summed E-state index contributed by atoms with van der Waals surface area (Å²) in [6, 6.07) is 14.7. The van der Waals surface area contributed by atoms with E-state index in [-0.39, 0.29) is 11.9 Å². The first-order chi connectivity index (χ1) is 13.5. The highest BCUT2D eigenvalue weighted by Gasteiger charge is 2.59. The van der Waals surface area contributed by atoms with Gasteiger partial charge in [0.1, 0.15) is 5.41 Å². The van der Waals surface area contributed by atoms with Gasteiger partial charge in [-0.05, 0) is 75.4 Å². The normalized spacial score (nSPS) is 26.3. The van der Waals surface area contributed by atoms with Gasteiger partial charge >= 0.3 is 0 Å². The summed E-state index contributed by atoms with van der Waals surface area (Å²) in [7, 11) is 0. The third-order valence-electron chi connectivity index (χ3n) is 6.64. The molecule has 3 aliphatic heterocycles. The highest BCUT2D eigenvalue weighted by atomic mass is 79.9. The molecule has 2 aromatic rings. The largest absolute Gasteiger partial charge is 0.367 e. The molecule has 0 N–H and O–H groups in total. The van der Waals surface area contributed by atoms with Gasteiger partial charge in [0.15, 0.2) is 0 Å². The number of anilines is 2. The van der Waals surface area contributed by atoms with Crippen LogP contribution in [0.2, 0.25) is 0 Å². The van der Waals surface area contributed by atoms with Crippen LogP contribution in [0.15, 0.2) is 52.0 Å². The molecule has 2 aromatic carbocycles. The van der Waals surface area contributed by atoms with Crippen LogP contribution in [-0.4, -0.2) is 24.2 Å². The Bertz CT molecular complexity index is 984. The average molecular weight is 438 g/mol. The molecule has 2 atom stereocenters. The van der Waals surface area contributed by atoms with Crippen molar-refractivity contribution in [3.05, 3.63) is 58.1 Å². The number of rotatable bonds is 1. The topological polar surface area (TPSA) is 35.9 Å². The summed E-state index contributed by atoms with van der Waals surface area (Å²) in [4.78, 5) is 16.4. The van der Waals surface area contributed by atoms with Gasteiger partial charge in [0, 0.05) is 22.7 Å². The summed E-state index contributed by atoms with van der Waals surface area (Å²) in [5, 5.41) is 6.44. The standard InChI is InChI=1S/C23H24BrN3O/c1-15-6-9-19(10-7-15)27-22(28)23(16(2)25-27)14-17-13-18(24)8-11-20(17)26-12-4-3-5-21(23)26/h6-11,13,21H,3-5,12,14H2,1-2H3. The molecule has 1 amide bonds. The number of hydrazone groups is 1. The molecule has 1 saturated heterocycles. The Labute approximate surface area is 174 Å². The highest BCUT2D eigenvalue weighted by Crippen LogP contribution is 2.50. The number of amides is 1. The minimum absolute atomic E-state index is 0.122. The summed E-state index contributed by atoms with van der Waals surface area (Å²) in [6.07, 6.45) is 4.10. The number of benzene rings is 2. The Morgan fingerprint density at radius 1 is 1.11 bits per heavy atom. The van der Waals surface area contributed by atoms with Crippen LogP contribution in [0.3, 0.4) is 0 Å². The SMILES string of the molecule is CC1=NN(c2ccc(C)cc2)C(=O)C12Cc1cc(Br)ccc1N1CCCCC12. The fourth-order valence-electron chi connectivity index (χ4n) is 5.20. The monoisotopic (exact) mass is 437 g/mol. The summed E-state index contributed by atoms with van der Waals surface area (Å²) < 4.78 is 1.06. The van der Waals surface area contributed by atoms with Crippen molar-refractivity contribution in [2.24, 2.45) is 10.5 Å². The van der Waals surface area contributed by atoms with Crippen molar-refractivity contribution >= 4 is 38.9 Å². The predicted octanol–water partition coefficient (Wildman–Crippen LogP) is 5.08. The molecule has 2 unspecified atom stereocenters. The number of fused-ring (bicyclic) bond motifs is 4. The number of carbonyl (C=O) groups is 1. The minimum Gasteiger partial charge on any atom is -0.367 e. The minimum atomic E-state index is -0.570. The first-order valence-electron chi connectivity index (χ1n) is 10.0. The Hall–Kier alpha value is -2.14. The second-order valence-electron chi connectivity index (χ2n) is 8.26. The van der Waals surface area contributed by atoms with Crippen LogP contribution < -0.4 is 9.91 Å². The van der Waals surface area contributed by atoms with Crippen LogP contribution in [-0.2, 0) is 11.2 Å². The summed E-state index contributed by atoms with van der Waals surface area (Å²) >= 11 is 3.62. The fourth-order valence-corrected chi connectivity index (χ4v) is 5.61. The quantitative estimate of drug-likeness (QED) is 0.623. The van der Waals surface area contributed by atoms with Crippen LogP contribution in [0.4, 0.5) is 11.4 Å². The van der Waals surface area contributed by atoms with Gasteiger partial charge < -0.3 is 4.90 Å². The van der Waals surface area contributed by atoms with Crippen molar-refractivity contribution in [3.63, 3.8) is 0 Å². The molecule has 0 saturated carbocycles. The number of halogens is 1. The summed E-state index contributed by atoms with van der Waals surface area (Å²) in [5.74, 6) is 0.122. The lowest BCUT2D eigenvalue weighted by molar-refractivity contribution is -0.125. The van der Waals surface area contributed by atoms with Gasteiger partial charge in [0.05, 0.1) is 11.4 Å². The fraction of sp³-hybridized carbons (Fsp3) is 0.391. The van der Waals surface area contributed by atoms with E-state index in [1.807, 2.05) is 31.2 Å². The molecule has 0 radical (unpaired) electrons. The lowest BCUT2D eigenvalue weighted by atomic mass is 9.66. The van der Waals surface area contributed by atoms with Gasteiger partial charge in [-0.2, -0.15) is 10.1 Å². The zero-order valence-electron chi connectivity index (χ0n) is 16.3. The van der Waals surface area contributed by atoms with E-state index in [2.05, 4.69) is 46.0 Å². The molecule has 4 nitrogen and oxygen atoms in total. The maximum atomic E-state index is 13.9. The lowest BCUT2D eigenvalue weighted by Crippen LogP contribution is -2.61. The van der Waals surface area contributed by atoms with E-state index in [1.165, 1.54) is 29.7 Å². The maximum absolute atomic E-state index is 13.9. The highest BCUT2D eigenvalue weighted by molar-refractivity contribution is 9.10. The molecule has 5 rings (SSSR count). The van der Waals surface area contributed by atoms with Crippen LogP contribution in [0.1, 0.15) is 37.3 Å². The van der Waals surface area contributed by atoms with E-state index < -0.39 is 5.41 Å². The number of nitrogens with zero attached hydrogens (tertiary/aromatic N) is 3. The van der Waals surface area contributed by atoms with Crippen molar-refractivity contribution in [1.82, 2.24) is 0 Å². The first-order valence-corrected chi connectivity index (χ1v) is 10.8. The molecule has 28 heavy (non-hydrogen) atoms. The lowest BCUT2D eigenvalue weighted by Gasteiger charge is -2.51. The molecule has 0 aromatic heterocycles. The second kappa shape index (κ2) is 6.45. The molecule has 0 aliphatic carbocycles. The Kier molecular flexibility index (Phi) is 4.13. The Morgan fingerprint density at radius 2 is 1.89 bits per heavy atom. The van der Waals surface area contributed by atoms with Crippen LogP contribution in [0.5, 0.6) is 0 Å². The van der Waals surface area contributed by atoms with E-state index in [0.717, 1.165) is 35.3 Å². The molecule has 1 spiro atoms. The zero-order chi connectivity index (χ0) is 19.5. The Morgan fingerprint density at radius 3 is 2.68 bits per heavy atom. The number of piperidine rings is 1. The molecule has 3 aliphatic rings. The summed E-state index contributed by atoms with van der Waals surface area (Å²) in [6.45, 7) is 5.11. The zero-order valence-corrected chi connectivity index (χ0v) is 17.9. The van der Waals surface area contributed by atoms with Gasteiger partial charge in [-0.3, -0.25) is 4.79 Å². The van der Waals surface area contributed by atoms with E-state index >= 15 is 0 Å². The van der Waals surface area contributed by atoms with E-state index in [9.17, 15) is 4.79 Å². The summed E-state index contributed by atoms with van der Waals surface area (Å²) in [5.41, 5.74) is 4.93. The van der Waals surface area contributed by atoms with E-state index in [1.54, 1.807) is 5.01 Å². The van der Waals surface area contributed by atoms with Gasteiger partial charge in [-0.1, -0.05) is 33.6 Å². The molecular weight excluding hydrogens is 414 g/mol. The number of hydrogen-bond acceptors (Lipinski definition) is 3. The van der Waals surface area contributed by atoms with Crippen LogP contribution in [0.25, 0.3) is 0 Å². The molecule has 1 fully saturated rings. The van der Waals surface area contributed by atoms with Crippen molar-refractivity contribution < 1.29 is 4.79 Å². The average Bonchev–Trinajstić information content (AvgIpc) is 2.94. The Balaban J connectivity index is 1.63. The molecule has 3 heterocycles. The third-order valence-corrected chi connectivity index (χ3v) is 7.13. The van der Waals surface area contributed by atoms with Crippen molar-refractivity contribution in [2.45, 2.75) is 45.6 Å². The molecular formula is C23H24BrN3O. The first kappa shape index (κ1) is 17.9. The van der Waals surface area contributed by atoms with Gasteiger partial charge in [0.2, 0.25) is 0 Å². The van der Waals surface area contributed by atoms with Crippen molar-refractivity contribution in [3.8, 4) is 0 Å². The molecule has 0 bridgehead atoms. The molecule has 5 heteroatoms. The van der Waals surface area contributed by atoms with Crippen LogP contribution >= 0.6 is 15.9 Å². The second-order valence-corrected chi connectivity index (χ2v) is 9.18. The van der Waals surface area contributed by atoms with E-state index in [4.69, 9.17) is 5.10 Å². The predicted molar refractivity (Wildman–Crippen MR) is 117 cm³/mol. The third kappa shape index (κ3) is 2.48. The number of carbonyl (C=O) groups excluding carboxylic acids is 1. The van der Waals surface area contributed by atoms with Crippen molar-refractivity contribution in [2.75, 3.05) is 16.5 Å². The van der Waals surface area contributed by atoms with Crippen molar-refractivity contribution in [1.29, 1.82) is 0 Å². The smallest absolute Gasteiger partial charge is 0.261 e. The van der Waals surface area contributed by atoms with Crippen LogP contribution in [0, 0.1) is 12.3 Å². The number of hydrogen-bond donors (Lipinski definition) is 0. The van der Waals surface area contributed by atoms with Gasteiger partial charge in [-0.25, -0.2) is 0 Å². The number of aryl methyl sites for hydroxylation is 1. The van der Waals surface area contributed by atoms with E-state index in [0.29, 0.717) is 0 Å². The van der Waals surface area contributed by atoms with Gasteiger partial charge in [-0.15, -0.1) is 0 Å². The maximum Gasteiger partial charge on any atom is 0.261 e.